The van der Waals surface area contributed by atoms with Gasteiger partial charge in [0.1, 0.15) is 12.4 Å². The lowest BCUT2D eigenvalue weighted by molar-refractivity contribution is 0.102. The zero-order valence-corrected chi connectivity index (χ0v) is 15.0. The number of carbonyl (C=O) groups excluding carboxylic acids is 1. The molecule has 2 aromatic carbocycles. The molecule has 0 heterocycles. The summed E-state index contributed by atoms with van der Waals surface area (Å²) in [6.45, 7) is 4.10. The van der Waals surface area contributed by atoms with E-state index in [9.17, 15) is 13.2 Å². The average Bonchev–Trinajstić information content (AvgIpc) is 2.61. The molecule has 0 aliphatic rings. The molecule has 0 saturated carbocycles. The van der Waals surface area contributed by atoms with Gasteiger partial charge in [-0.25, -0.2) is 8.42 Å². The number of rotatable bonds is 7. The number of benzene rings is 2. The summed E-state index contributed by atoms with van der Waals surface area (Å²) in [5, 5.41) is 2.25. The van der Waals surface area contributed by atoms with Crippen molar-refractivity contribution in [2.75, 3.05) is 18.5 Å². The monoisotopic (exact) mass is 362 g/mol. The minimum Gasteiger partial charge on any atom is -0.492 e. The molecule has 25 heavy (non-hydrogen) atoms. The van der Waals surface area contributed by atoms with E-state index in [1.165, 1.54) is 24.3 Å². The van der Waals surface area contributed by atoms with Gasteiger partial charge in [0.15, 0.2) is 9.84 Å². The van der Waals surface area contributed by atoms with Crippen LogP contribution in [0.5, 0.6) is 5.75 Å². The van der Waals surface area contributed by atoms with Crippen molar-refractivity contribution in [3.05, 3.63) is 54.1 Å². The van der Waals surface area contributed by atoms with Gasteiger partial charge in [0.25, 0.3) is 5.91 Å². The smallest absolute Gasteiger partial charge is 0.255 e. The maximum Gasteiger partial charge on any atom is 0.255 e. The summed E-state index contributed by atoms with van der Waals surface area (Å²) < 4.78 is 29.6. The lowest BCUT2D eigenvalue weighted by Crippen LogP contribution is -2.15. The molecular weight excluding hydrogens is 340 g/mol. The van der Waals surface area contributed by atoms with Gasteiger partial charge in [-0.05, 0) is 62.4 Å². The van der Waals surface area contributed by atoms with Crippen LogP contribution in [0.25, 0.3) is 0 Å². The molecule has 0 bridgehead atoms. The number of nitrogens with two attached hydrogens (primary N) is 1. The van der Waals surface area contributed by atoms with Crippen molar-refractivity contribution < 1.29 is 17.9 Å². The lowest BCUT2D eigenvalue weighted by atomic mass is 10.2. The van der Waals surface area contributed by atoms with E-state index < -0.39 is 15.1 Å². The van der Waals surface area contributed by atoms with Crippen molar-refractivity contribution in [3.63, 3.8) is 0 Å². The number of carbonyl (C=O) groups is 1. The molecule has 0 saturated heterocycles. The summed E-state index contributed by atoms with van der Waals surface area (Å²) in [5.41, 5.74) is 6.37. The number of sulfone groups is 1. The van der Waals surface area contributed by atoms with Gasteiger partial charge in [0, 0.05) is 17.8 Å². The maximum absolute atomic E-state index is 12.3. The lowest BCUT2D eigenvalue weighted by Gasteiger charge is -2.10. The summed E-state index contributed by atoms with van der Waals surface area (Å²) >= 11 is 0. The highest BCUT2D eigenvalue weighted by atomic mass is 32.2. The van der Waals surface area contributed by atoms with Gasteiger partial charge < -0.3 is 15.8 Å². The Balaban J connectivity index is 2.06. The van der Waals surface area contributed by atoms with E-state index in [-0.39, 0.29) is 10.8 Å². The van der Waals surface area contributed by atoms with Crippen molar-refractivity contribution in [2.24, 2.45) is 5.73 Å². The van der Waals surface area contributed by atoms with E-state index in [2.05, 4.69) is 5.32 Å². The van der Waals surface area contributed by atoms with Crippen molar-refractivity contribution in [1.82, 2.24) is 0 Å². The highest BCUT2D eigenvalue weighted by Crippen LogP contribution is 2.19. The summed E-state index contributed by atoms with van der Waals surface area (Å²) in [6.07, 6.45) is 0. The number of hydrogen-bond donors (Lipinski definition) is 2. The molecule has 3 N–H and O–H groups in total. The molecule has 134 valence electrons. The highest BCUT2D eigenvalue weighted by Gasteiger charge is 2.19. The number of nitrogens with one attached hydrogen (secondary N) is 1. The van der Waals surface area contributed by atoms with Crippen molar-refractivity contribution in [3.8, 4) is 5.75 Å². The van der Waals surface area contributed by atoms with E-state index in [0.717, 1.165) is 0 Å². The molecular formula is C18H22N2O4S. The summed E-state index contributed by atoms with van der Waals surface area (Å²) in [5.74, 6) is 0.357. The van der Waals surface area contributed by atoms with Gasteiger partial charge in [-0.2, -0.15) is 0 Å². The third-order valence-corrected chi connectivity index (χ3v) is 5.73. The van der Waals surface area contributed by atoms with Gasteiger partial charge in [0.2, 0.25) is 0 Å². The molecule has 6 nitrogen and oxygen atoms in total. The van der Waals surface area contributed by atoms with Crippen LogP contribution in [0.3, 0.4) is 0 Å². The summed E-state index contributed by atoms with van der Waals surface area (Å²) in [6, 6.07) is 12.8. The second kappa shape index (κ2) is 8.13. The van der Waals surface area contributed by atoms with Gasteiger partial charge >= 0.3 is 0 Å². The van der Waals surface area contributed by atoms with E-state index in [1.54, 1.807) is 38.1 Å². The zero-order valence-electron chi connectivity index (χ0n) is 14.2. The largest absolute Gasteiger partial charge is 0.492 e. The molecule has 2 aromatic rings. The molecule has 0 fully saturated rings. The number of ether oxygens (including phenoxy) is 1. The highest BCUT2D eigenvalue weighted by molar-refractivity contribution is 7.92. The molecule has 0 unspecified atom stereocenters. The Labute approximate surface area is 147 Å². The molecule has 1 amide bonds. The number of anilines is 1. The minimum atomic E-state index is -3.35. The fraction of sp³-hybridized carbons (Fsp3) is 0.278. The Kier molecular flexibility index (Phi) is 6.17. The van der Waals surface area contributed by atoms with Crippen LogP contribution >= 0.6 is 0 Å². The van der Waals surface area contributed by atoms with Crippen molar-refractivity contribution in [2.45, 2.75) is 24.0 Å². The Morgan fingerprint density at radius 2 is 1.68 bits per heavy atom. The average molecular weight is 362 g/mol. The van der Waals surface area contributed by atoms with E-state index in [0.29, 0.717) is 30.2 Å². The van der Waals surface area contributed by atoms with Crippen LogP contribution in [-0.2, 0) is 9.84 Å². The standard InChI is InChI=1S/C18H22N2O4S/c1-13(2)25(22,23)17-9-3-14(4-10-17)18(21)20-15-5-7-16(8-6-15)24-12-11-19/h3-10,13H,11-12,19H2,1-2H3,(H,20,21). The minimum absolute atomic E-state index is 0.209. The van der Waals surface area contributed by atoms with Crippen LogP contribution in [0, 0.1) is 0 Å². The van der Waals surface area contributed by atoms with Gasteiger partial charge in [-0.1, -0.05) is 0 Å². The maximum atomic E-state index is 12.3. The quantitative estimate of drug-likeness (QED) is 0.788. The fourth-order valence-electron chi connectivity index (χ4n) is 2.08. The summed E-state index contributed by atoms with van der Waals surface area (Å²) in [7, 11) is -3.35. The van der Waals surface area contributed by atoms with Crippen LogP contribution < -0.4 is 15.8 Å². The Hall–Kier alpha value is -2.38. The first kappa shape index (κ1) is 19.0. The first-order valence-corrected chi connectivity index (χ1v) is 9.47. The van der Waals surface area contributed by atoms with Crippen molar-refractivity contribution >= 4 is 21.4 Å². The van der Waals surface area contributed by atoms with Crippen LogP contribution in [0.4, 0.5) is 5.69 Å². The zero-order chi connectivity index (χ0) is 18.4. The van der Waals surface area contributed by atoms with Gasteiger partial charge in [0.05, 0.1) is 10.1 Å². The van der Waals surface area contributed by atoms with Crippen molar-refractivity contribution in [1.29, 1.82) is 0 Å². The molecule has 0 spiro atoms. The molecule has 0 atom stereocenters. The fourth-order valence-corrected chi connectivity index (χ4v) is 3.14. The van der Waals surface area contributed by atoms with E-state index >= 15 is 0 Å². The molecule has 0 aromatic heterocycles. The normalized spacial score (nSPS) is 11.4. The Morgan fingerprint density at radius 3 is 2.20 bits per heavy atom. The van der Waals surface area contributed by atoms with Gasteiger partial charge in [-0.15, -0.1) is 0 Å². The van der Waals surface area contributed by atoms with Gasteiger partial charge in [-0.3, -0.25) is 4.79 Å². The SMILES string of the molecule is CC(C)S(=O)(=O)c1ccc(C(=O)Nc2ccc(OCCN)cc2)cc1. The number of amides is 1. The van der Waals surface area contributed by atoms with Crippen LogP contribution in [0.2, 0.25) is 0 Å². The predicted octanol–water partition coefficient (Wildman–Crippen LogP) is 2.46. The molecule has 7 heteroatoms. The molecule has 0 radical (unpaired) electrons. The Bertz CT molecular complexity index is 813. The van der Waals surface area contributed by atoms with E-state index in [1.807, 2.05) is 0 Å². The molecule has 0 aliphatic carbocycles. The second-order valence-electron chi connectivity index (χ2n) is 5.73. The topological polar surface area (TPSA) is 98.5 Å². The Morgan fingerprint density at radius 1 is 1.08 bits per heavy atom. The first-order valence-electron chi connectivity index (χ1n) is 7.93. The predicted molar refractivity (Wildman–Crippen MR) is 97.7 cm³/mol. The number of hydrogen-bond acceptors (Lipinski definition) is 5. The first-order chi connectivity index (χ1) is 11.8. The molecule has 0 aliphatic heterocycles. The van der Waals surface area contributed by atoms with Crippen LogP contribution in [0.15, 0.2) is 53.4 Å². The third kappa shape index (κ3) is 4.80. The second-order valence-corrected chi connectivity index (χ2v) is 8.24. The third-order valence-electron chi connectivity index (χ3n) is 3.56. The van der Waals surface area contributed by atoms with Crippen LogP contribution in [0.1, 0.15) is 24.2 Å². The summed E-state index contributed by atoms with van der Waals surface area (Å²) in [4.78, 5) is 12.5. The molecule has 2 rings (SSSR count). The van der Waals surface area contributed by atoms with E-state index in [4.69, 9.17) is 10.5 Å². The van der Waals surface area contributed by atoms with Crippen LogP contribution in [-0.4, -0.2) is 32.7 Å².